The van der Waals surface area contributed by atoms with Crippen LogP contribution in [0.25, 0.3) is 0 Å². The van der Waals surface area contributed by atoms with Gasteiger partial charge in [0.15, 0.2) is 0 Å². The van der Waals surface area contributed by atoms with E-state index in [1.165, 1.54) is 270 Å². The highest BCUT2D eigenvalue weighted by atomic mass is 16.5. The van der Waals surface area contributed by atoms with Gasteiger partial charge in [-0.1, -0.05) is 289 Å². The lowest BCUT2D eigenvalue weighted by molar-refractivity contribution is -0.143. The maximum absolute atomic E-state index is 12.5. The summed E-state index contributed by atoms with van der Waals surface area (Å²) in [5.41, 5.74) is 0. The number of aliphatic hydroxyl groups excluding tert-OH is 2. The second-order valence-corrected chi connectivity index (χ2v) is 21.0. The first-order valence-electron chi connectivity index (χ1n) is 30.6. The molecule has 0 fully saturated rings. The second-order valence-electron chi connectivity index (χ2n) is 21.0. The number of ether oxygens (including phenoxy) is 1. The molecule has 2 unspecified atom stereocenters. The van der Waals surface area contributed by atoms with Crippen molar-refractivity contribution in [1.29, 1.82) is 0 Å². The number of hydrogen-bond donors (Lipinski definition) is 3. The Kier molecular flexibility index (Phi) is 56.5. The van der Waals surface area contributed by atoms with Crippen LogP contribution in [0.3, 0.4) is 0 Å². The molecule has 0 aliphatic heterocycles. The van der Waals surface area contributed by atoms with Gasteiger partial charge in [-0.15, -0.1) is 0 Å². The minimum Gasteiger partial charge on any atom is -0.466 e. The van der Waals surface area contributed by atoms with E-state index >= 15 is 0 Å². The summed E-state index contributed by atoms with van der Waals surface area (Å²) < 4.78 is 5.47. The van der Waals surface area contributed by atoms with Crippen LogP contribution in [0.2, 0.25) is 0 Å². The van der Waals surface area contributed by atoms with Gasteiger partial charge in [0.1, 0.15) is 0 Å². The van der Waals surface area contributed by atoms with Gasteiger partial charge in [0.25, 0.3) is 0 Å². The molecule has 3 N–H and O–H groups in total. The topological polar surface area (TPSA) is 95.9 Å². The van der Waals surface area contributed by atoms with Gasteiger partial charge in [-0.25, -0.2) is 0 Å². The summed E-state index contributed by atoms with van der Waals surface area (Å²) in [5.74, 6) is -0.0549. The average molecular weight is 959 g/mol. The van der Waals surface area contributed by atoms with E-state index in [-0.39, 0.29) is 18.5 Å². The van der Waals surface area contributed by atoms with Gasteiger partial charge < -0.3 is 20.3 Å². The van der Waals surface area contributed by atoms with E-state index in [1.54, 1.807) is 6.08 Å². The first-order chi connectivity index (χ1) is 33.5. The molecule has 6 nitrogen and oxygen atoms in total. The Labute approximate surface area is 424 Å². The van der Waals surface area contributed by atoms with E-state index in [9.17, 15) is 19.8 Å². The predicted molar refractivity (Wildman–Crippen MR) is 296 cm³/mol. The fourth-order valence-electron chi connectivity index (χ4n) is 9.51. The highest BCUT2D eigenvalue weighted by Gasteiger charge is 2.18. The molecule has 0 aromatic heterocycles. The van der Waals surface area contributed by atoms with E-state index in [0.717, 1.165) is 38.5 Å². The van der Waals surface area contributed by atoms with E-state index in [4.69, 9.17) is 4.74 Å². The third-order valence-corrected chi connectivity index (χ3v) is 14.2. The van der Waals surface area contributed by atoms with Crippen LogP contribution in [0, 0.1) is 0 Å². The Hall–Kier alpha value is -1.66. The zero-order valence-corrected chi connectivity index (χ0v) is 45.9. The van der Waals surface area contributed by atoms with Gasteiger partial charge in [0.05, 0.1) is 25.4 Å². The van der Waals surface area contributed by atoms with E-state index in [2.05, 4.69) is 31.3 Å². The molecule has 0 aromatic rings. The number of nitrogens with one attached hydrogen (secondary N) is 1. The summed E-state index contributed by atoms with van der Waals surface area (Å²) in [6, 6.07) is -0.628. The summed E-state index contributed by atoms with van der Waals surface area (Å²) in [6.07, 6.45) is 70.8. The number of allylic oxidation sites excluding steroid dienone is 3. The molecule has 0 aliphatic carbocycles. The monoisotopic (exact) mass is 958 g/mol. The number of aliphatic hydroxyl groups is 2. The Morgan fingerprint density at radius 1 is 0.397 bits per heavy atom. The molecule has 0 aliphatic rings. The van der Waals surface area contributed by atoms with Gasteiger partial charge >= 0.3 is 5.97 Å². The number of hydrogen-bond acceptors (Lipinski definition) is 5. The molecular formula is C62H119NO5. The zero-order valence-electron chi connectivity index (χ0n) is 45.9. The lowest BCUT2D eigenvalue weighted by atomic mass is 10.0. The maximum atomic E-state index is 12.5. The van der Waals surface area contributed by atoms with Gasteiger partial charge in [-0.2, -0.15) is 0 Å². The van der Waals surface area contributed by atoms with Crippen molar-refractivity contribution in [2.45, 2.75) is 347 Å². The Bertz CT molecular complexity index is 1060. The summed E-state index contributed by atoms with van der Waals surface area (Å²) in [6.45, 7) is 4.91. The van der Waals surface area contributed by atoms with Crippen molar-refractivity contribution in [2.24, 2.45) is 0 Å². The van der Waals surface area contributed by atoms with E-state index in [1.807, 2.05) is 6.08 Å². The van der Waals surface area contributed by atoms with Crippen molar-refractivity contribution < 1.29 is 24.5 Å². The standard InChI is InChI=1S/C62H119NO5/c1-3-5-7-9-11-13-15-16-31-35-38-42-46-50-54-60(65)59(58-64)63-61(66)55-51-47-43-39-36-32-29-27-25-23-21-19-17-18-20-22-24-26-28-30-33-37-41-45-49-53-57-68-62(67)56-52-48-44-40-34-14-12-10-8-6-4-2/h17,19,50,54,59-60,64-65H,3-16,18,20-49,51-53,55-58H2,1-2H3,(H,63,66)/b19-17-,54-50+. The molecule has 2 atom stereocenters. The van der Waals surface area contributed by atoms with Crippen LogP contribution in [0.1, 0.15) is 335 Å². The number of unbranched alkanes of at least 4 members (excludes halogenated alkanes) is 44. The van der Waals surface area contributed by atoms with E-state index in [0.29, 0.717) is 19.4 Å². The highest BCUT2D eigenvalue weighted by Crippen LogP contribution is 2.17. The molecular weight excluding hydrogens is 839 g/mol. The predicted octanol–water partition coefficient (Wildman–Crippen LogP) is 19.0. The van der Waals surface area contributed by atoms with E-state index < -0.39 is 12.1 Å². The quantitative estimate of drug-likeness (QED) is 0.0321. The first kappa shape index (κ1) is 66.3. The van der Waals surface area contributed by atoms with Crippen molar-refractivity contribution in [3.8, 4) is 0 Å². The third-order valence-electron chi connectivity index (χ3n) is 14.2. The summed E-state index contributed by atoms with van der Waals surface area (Å²) in [4.78, 5) is 24.4. The van der Waals surface area contributed by atoms with Crippen LogP contribution in [-0.2, 0) is 14.3 Å². The van der Waals surface area contributed by atoms with Crippen LogP contribution in [0.15, 0.2) is 24.3 Å². The average Bonchev–Trinajstić information content (AvgIpc) is 3.34. The van der Waals surface area contributed by atoms with Crippen LogP contribution in [0.5, 0.6) is 0 Å². The minimum absolute atomic E-state index is 0.0137. The Balaban J connectivity index is 3.41. The number of esters is 1. The summed E-state index contributed by atoms with van der Waals surface area (Å²) in [5, 5.41) is 23.1. The van der Waals surface area contributed by atoms with Gasteiger partial charge in [0, 0.05) is 12.8 Å². The molecule has 68 heavy (non-hydrogen) atoms. The fraction of sp³-hybridized carbons (Fsp3) is 0.903. The molecule has 0 radical (unpaired) electrons. The fourth-order valence-corrected chi connectivity index (χ4v) is 9.51. The molecule has 6 heteroatoms. The van der Waals surface area contributed by atoms with Crippen LogP contribution in [-0.4, -0.2) is 47.4 Å². The second kappa shape index (κ2) is 57.9. The maximum Gasteiger partial charge on any atom is 0.305 e. The van der Waals surface area contributed by atoms with Crippen molar-refractivity contribution in [3.63, 3.8) is 0 Å². The largest absolute Gasteiger partial charge is 0.466 e. The SMILES string of the molecule is CCCCCCCCCCCCCC/C=C/C(O)C(CO)NC(=O)CCCCCCCCCCCC/C=C\CCCCCCCCCCCCCCOC(=O)CCCCCCCCCCCCC. The Morgan fingerprint density at radius 3 is 1.04 bits per heavy atom. The number of amides is 1. The molecule has 1 amide bonds. The lowest BCUT2D eigenvalue weighted by Gasteiger charge is -2.20. The molecule has 402 valence electrons. The minimum atomic E-state index is -0.844. The van der Waals surface area contributed by atoms with Crippen molar-refractivity contribution in [1.82, 2.24) is 5.32 Å². The number of carbonyl (C=O) groups is 2. The molecule has 0 saturated heterocycles. The molecule has 0 rings (SSSR count). The normalized spacial score (nSPS) is 12.7. The number of rotatable bonds is 57. The Morgan fingerprint density at radius 2 is 0.691 bits per heavy atom. The van der Waals surface area contributed by atoms with Gasteiger partial charge in [-0.05, 0) is 57.8 Å². The zero-order chi connectivity index (χ0) is 49.3. The summed E-state index contributed by atoms with van der Waals surface area (Å²) >= 11 is 0. The van der Waals surface area contributed by atoms with Crippen molar-refractivity contribution >= 4 is 11.9 Å². The lowest BCUT2D eigenvalue weighted by Crippen LogP contribution is -2.45. The molecule has 0 saturated carbocycles. The number of carbonyl (C=O) groups excluding carboxylic acids is 2. The van der Waals surface area contributed by atoms with Gasteiger partial charge in [-0.3, -0.25) is 9.59 Å². The van der Waals surface area contributed by atoms with Crippen molar-refractivity contribution in [2.75, 3.05) is 13.2 Å². The smallest absolute Gasteiger partial charge is 0.305 e. The third kappa shape index (κ3) is 53.7. The van der Waals surface area contributed by atoms with Gasteiger partial charge in [0.2, 0.25) is 5.91 Å². The molecule has 0 heterocycles. The molecule has 0 bridgehead atoms. The van der Waals surface area contributed by atoms with Crippen molar-refractivity contribution in [3.05, 3.63) is 24.3 Å². The molecule has 0 aromatic carbocycles. The van der Waals surface area contributed by atoms with Crippen LogP contribution in [0.4, 0.5) is 0 Å². The summed E-state index contributed by atoms with van der Waals surface area (Å²) in [7, 11) is 0. The van der Waals surface area contributed by atoms with Crippen LogP contribution >= 0.6 is 0 Å². The highest BCUT2D eigenvalue weighted by molar-refractivity contribution is 5.76. The van der Waals surface area contributed by atoms with Crippen LogP contribution < -0.4 is 5.32 Å². The molecule has 0 spiro atoms. The first-order valence-corrected chi connectivity index (χ1v) is 30.6.